The Morgan fingerprint density at radius 2 is 1.88 bits per heavy atom. The molecular formula is C23H29N5O5S. The van der Waals surface area contributed by atoms with Crippen LogP contribution in [-0.4, -0.2) is 67.3 Å². The number of anilines is 1. The SMILES string of the molecule is COc1ccc(NC(=O)CN(Cc2nc3ccccc3c(=O)[nH]2)C(C)C)cc1S(=O)(=O)N(C)C. The first kappa shape index (κ1) is 25.3. The normalized spacial score (nSPS) is 12.0. The first-order valence-corrected chi connectivity index (χ1v) is 12.1. The van der Waals surface area contributed by atoms with Crippen LogP contribution < -0.4 is 15.6 Å². The van der Waals surface area contributed by atoms with Gasteiger partial charge in [0.25, 0.3) is 5.56 Å². The molecule has 0 saturated heterocycles. The van der Waals surface area contributed by atoms with Crippen molar-refractivity contribution in [3.8, 4) is 5.75 Å². The highest BCUT2D eigenvalue weighted by atomic mass is 32.2. The number of carbonyl (C=O) groups is 1. The zero-order valence-corrected chi connectivity index (χ0v) is 20.6. The summed E-state index contributed by atoms with van der Waals surface area (Å²) in [7, 11) is 0.455. The van der Waals surface area contributed by atoms with E-state index in [-0.39, 0.29) is 41.2 Å². The number of para-hydroxylation sites is 1. The number of sulfonamides is 1. The van der Waals surface area contributed by atoms with E-state index < -0.39 is 10.0 Å². The van der Waals surface area contributed by atoms with Crippen molar-refractivity contribution < 1.29 is 17.9 Å². The minimum Gasteiger partial charge on any atom is -0.495 e. The number of nitrogens with zero attached hydrogens (tertiary/aromatic N) is 3. The van der Waals surface area contributed by atoms with Crippen LogP contribution in [0, 0.1) is 0 Å². The second kappa shape index (κ2) is 10.3. The van der Waals surface area contributed by atoms with Crippen molar-refractivity contribution in [2.45, 2.75) is 31.3 Å². The summed E-state index contributed by atoms with van der Waals surface area (Å²) in [6.45, 7) is 4.13. The maximum Gasteiger partial charge on any atom is 0.258 e. The van der Waals surface area contributed by atoms with Crippen molar-refractivity contribution >= 4 is 32.5 Å². The van der Waals surface area contributed by atoms with Gasteiger partial charge in [-0.1, -0.05) is 12.1 Å². The fourth-order valence-electron chi connectivity index (χ4n) is 3.36. The first-order valence-electron chi connectivity index (χ1n) is 10.7. The molecule has 0 bridgehead atoms. The number of aromatic nitrogens is 2. The Hall–Kier alpha value is -3.28. The summed E-state index contributed by atoms with van der Waals surface area (Å²) in [6.07, 6.45) is 0. The van der Waals surface area contributed by atoms with Gasteiger partial charge in [0, 0.05) is 25.8 Å². The second-order valence-corrected chi connectivity index (χ2v) is 10.4. The molecule has 2 N–H and O–H groups in total. The molecule has 0 spiro atoms. The van der Waals surface area contributed by atoms with Gasteiger partial charge in [0.1, 0.15) is 16.5 Å². The van der Waals surface area contributed by atoms with E-state index in [1.165, 1.54) is 33.3 Å². The van der Waals surface area contributed by atoms with Gasteiger partial charge in [-0.15, -0.1) is 0 Å². The molecule has 1 aromatic heterocycles. The van der Waals surface area contributed by atoms with E-state index in [0.29, 0.717) is 22.4 Å². The molecule has 0 saturated carbocycles. The molecule has 0 fully saturated rings. The molecule has 1 amide bonds. The maximum absolute atomic E-state index is 12.8. The molecule has 11 heteroatoms. The number of H-pyrrole nitrogens is 1. The number of hydrogen-bond acceptors (Lipinski definition) is 7. The zero-order valence-electron chi connectivity index (χ0n) is 19.8. The van der Waals surface area contributed by atoms with Gasteiger partial charge >= 0.3 is 0 Å². The lowest BCUT2D eigenvalue weighted by atomic mass is 10.2. The monoisotopic (exact) mass is 487 g/mol. The Kier molecular flexibility index (Phi) is 7.70. The highest BCUT2D eigenvalue weighted by Crippen LogP contribution is 2.28. The lowest BCUT2D eigenvalue weighted by molar-refractivity contribution is -0.117. The molecule has 0 aliphatic carbocycles. The number of amides is 1. The zero-order chi connectivity index (χ0) is 25.0. The van der Waals surface area contributed by atoms with E-state index in [1.54, 1.807) is 24.3 Å². The average Bonchev–Trinajstić information content (AvgIpc) is 2.78. The predicted octanol–water partition coefficient (Wildman–Crippen LogP) is 2.03. The molecule has 10 nitrogen and oxygen atoms in total. The molecular weight excluding hydrogens is 458 g/mol. The fraction of sp³-hybridized carbons (Fsp3) is 0.348. The van der Waals surface area contributed by atoms with Gasteiger partial charge in [-0.25, -0.2) is 17.7 Å². The van der Waals surface area contributed by atoms with Crippen LogP contribution in [-0.2, 0) is 21.4 Å². The van der Waals surface area contributed by atoms with E-state index in [9.17, 15) is 18.0 Å². The highest BCUT2D eigenvalue weighted by molar-refractivity contribution is 7.89. The molecule has 182 valence electrons. The fourth-order valence-corrected chi connectivity index (χ4v) is 4.44. The molecule has 34 heavy (non-hydrogen) atoms. The van der Waals surface area contributed by atoms with Crippen LogP contribution in [0.3, 0.4) is 0 Å². The van der Waals surface area contributed by atoms with Crippen LogP contribution in [0.15, 0.2) is 52.2 Å². The minimum atomic E-state index is -3.77. The van der Waals surface area contributed by atoms with Crippen LogP contribution in [0.5, 0.6) is 5.75 Å². The number of ether oxygens (including phenoxy) is 1. The van der Waals surface area contributed by atoms with Gasteiger partial charge in [0.05, 0.1) is 31.1 Å². The van der Waals surface area contributed by atoms with Crippen LogP contribution in [0.4, 0.5) is 5.69 Å². The van der Waals surface area contributed by atoms with Crippen molar-refractivity contribution in [2.24, 2.45) is 0 Å². The topological polar surface area (TPSA) is 125 Å². The summed E-state index contributed by atoms with van der Waals surface area (Å²) in [5.41, 5.74) is 0.677. The van der Waals surface area contributed by atoms with Gasteiger partial charge < -0.3 is 15.0 Å². The summed E-state index contributed by atoms with van der Waals surface area (Å²) >= 11 is 0. The summed E-state index contributed by atoms with van der Waals surface area (Å²) < 4.78 is 31.5. The van der Waals surface area contributed by atoms with Crippen molar-refractivity contribution in [3.63, 3.8) is 0 Å². The molecule has 0 aliphatic rings. The predicted molar refractivity (Wildman–Crippen MR) is 130 cm³/mol. The van der Waals surface area contributed by atoms with Gasteiger partial charge in [-0.3, -0.25) is 14.5 Å². The standard InChI is InChI=1S/C23H29N5O5S/c1-15(2)28(13-21-25-18-9-7-6-8-17(18)23(30)26-21)14-22(29)24-16-10-11-19(33-5)20(12-16)34(31,32)27(3)4/h6-12,15H,13-14H2,1-5H3,(H,24,29)(H,25,26,30). The summed E-state index contributed by atoms with van der Waals surface area (Å²) in [5, 5.41) is 3.25. The Morgan fingerprint density at radius 1 is 1.18 bits per heavy atom. The second-order valence-electron chi connectivity index (χ2n) is 8.23. The van der Waals surface area contributed by atoms with E-state index in [2.05, 4.69) is 15.3 Å². The van der Waals surface area contributed by atoms with E-state index in [0.717, 1.165) is 4.31 Å². The molecule has 3 rings (SSSR count). The third kappa shape index (κ3) is 5.61. The van der Waals surface area contributed by atoms with Gasteiger partial charge in [-0.2, -0.15) is 0 Å². The summed E-state index contributed by atoms with van der Waals surface area (Å²) in [6, 6.07) is 11.5. The quantitative estimate of drug-likeness (QED) is 0.473. The smallest absolute Gasteiger partial charge is 0.258 e. The van der Waals surface area contributed by atoms with E-state index in [1.807, 2.05) is 24.8 Å². The third-order valence-corrected chi connectivity index (χ3v) is 7.13. The number of aromatic amines is 1. The van der Waals surface area contributed by atoms with E-state index >= 15 is 0 Å². The molecule has 0 atom stereocenters. The van der Waals surface area contributed by atoms with Gasteiger partial charge in [0.15, 0.2) is 0 Å². The largest absolute Gasteiger partial charge is 0.495 e. The van der Waals surface area contributed by atoms with Crippen molar-refractivity contribution in [1.82, 2.24) is 19.2 Å². The van der Waals surface area contributed by atoms with Crippen LogP contribution in [0.25, 0.3) is 10.9 Å². The number of carbonyl (C=O) groups excluding carboxylic acids is 1. The first-order chi connectivity index (χ1) is 16.0. The molecule has 1 heterocycles. The summed E-state index contributed by atoms with van der Waals surface area (Å²) in [4.78, 5) is 34.3. The maximum atomic E-state index is 12.8. The number of rotatable bonds is 9. The number of methoxy groups -OCH3 is 1. The van der Waals surface area contributed by atoms with Crippen molar-refractivity contribution in [3.05, 3.63) is 58.6 Å². The van der Waals surface area contributed by atoms with Crippen LogP contribution in [0.1, 0.15) is 19.7 Å². The van der Waals surface area contributed by atoms with Crippen molar-refractivity contribution in [2.75, 3.05) is 33.1 Å². The molecule has 0 aliphatic heterocycles. The Morgan fingerprint density at radius 3 is 2.53 bits per heavy atom. The van der Waals surface area contributed by atoms with Crippen LogP contribution >= 0.6 is 0 Å². The number of nitrogens with one attached hydrogen (secondary N) is 2. The number of hydrogen-bond donors (Lipinski definition) is 2. The lowest BCUT2D eigenvalue weighted by Gasteiger charge is -2.25. The minimum absolute atomic E-state index is 0.00992. The number of fused-ring (bicyclic) bond motifs is 1. The Balaban J connectivity index is 1.79. The highest BCUT2D eigenvalue weighted by Gasteiger charge is 2.23. The Labute approximate surface area is 198 Å². The van der Waals surface area contributed by atoms with E-state index in [4.69, 9.17) is 4.74 Å². The molecule has 2 aromatic carbocycles. The average molecular weight is 488 g/mol. The number of benzene rings is 2. The molecule has 0 radical (unpaired) electrons. The van der Waals surface area contributed by atoms with Crippen molar-refractivity contribution in [1.29, 1.82) is 0 Å². The third-order valence-electron chi connectivity index (χ3n) is 5.30. The van der Waals surface area contributed by atoms with Crippen LogP contribution in [0.2, 0.25) is 0 Å². The molecule has 0 unspecified atom stereocenters. The van der Waals surface area contributed by atoms with Gasteiger partial charge in [0.2, 0.25) is 15.9 Å². The lowest BCUT2D eigenvalue weighted by Crippen LogP contribution is -2.38. The van der Waals surface area contributed by atoms with Gasteiger partial charge in [-0.05, 0) is 44.2 Å². The summed E-state index contributed by atoms with van der Waals surface area (Å²) in [5.74, 6) is 0.297. The Bertz CT molecular complexity index is 1350. The molecule has 3 aromatic rings.